The van der Waals surface area contributed by atoms with E-state index in [-0.39, 0.29) is 17.4 Å². The molecule has 0 fully saturated rings. The SMILES string of the molecule is COc1cccc2c1OCC(=O)N(c1ccc(S(C)(=O)=O)cc1)C2. The quantitative estimate of drug-likeness (QED) is 0.849. The van der Waals surface area contributed by atoms with E-state index in [4.69, 9.17) is 9.47 Å². The predicted molar refractivity (Wildman–Crippen MR) is 89.2 cm³/mol. The van der Waals surface area contributed by atoms with Gasteiger partial charge in [0.2, 0.25) is 0 Å². The Morgan fingerprint density at radius 2 is 1.83 bits per heavy atom. The molecule has 0 aliphatic carbocycles. The zero-order chi connectivity index (χ0) is 17.3. The second kappa shape index (κ2) is 6.16. The molecular weight excluding hydrogens is 330 g/mol. The van der Waals surface area contributed by atoms with E-state index in [1.165, 1.54) is 12.1 Å². The fourth-order valence-electron chi connectivity index (χ4n) is 2.59. The number of ether oxygens (including phenoxy) is 2. The Kier molecular flexibility index (Phi) is 4.19. The minimum atomic E-state index is -3.27. The van der Waals surface area contributed by atoms with Crippen molar-refractivity contribution in [3.63, 3.8) is 0 Å². The van der Waals surface area contributed by atoms with E-state index in [9.17, 15) is 13.2 Å². The third kappa shape index (κ3) is 3.07. The van der Waals surface area contributed by atoms with Crippen LogP contribution < -0.4 is 14.4 Å². The van der Waals surface area contributed by atoms with Crippen molar-refractivity contribution in [2.75, 3.05) is 24.9 Å². The van der Waals surface area contributed by atoms with Gasteiger partial charge < -0.3 is 14.4 Å². The van der Waals surface area contributed by atoms with Crippen LogP contribution in [0.3, 0.4) is 0 Å². The van der Waals surface area contributed by atoms with Gasteiger partial charge in [-0.2, -0.15) is 0 Å². The van der Waals surface area contributed by atoms with Crippen LogP contribution in [0.5, 0.6) is 11.5 Å². The van der Waals surface area contributed by atoms with E-state index < -0.39 is 9.84 Å². The van der Waals surface area contributed by atoms with Crippen molar-refractivity contribution in [1.82, 2.24) is 0 Å². The van der Waals surface area contributed by atoms with Crippen LogP contribution in [-0.2, 0) is 21.2 Å². The average Bonchev–Trinajstić information content (AvgIpc) is 2.73. The number of benzene rings is 2. The molecule has 0 radical (unpaired) electrons. The van der Waals surface area contributed by atoms with E-state index in [1.54, 1.807) is 30.2 Å². The van der Waals surface area contributed by atoms with Crippen LogP contribution in [0.4, 0.5) is 5.69 Å². The maximum absolute atomic E-state index is 12.4. The summed E-state index contributed by atoms with van der Waals surface area (Å²) in [5, 5.41) is 0. The predicted octanol–water partition coefficient (Wildman–Crippen LogP) is 2.02. The Labute approximate surface area is 140 Å². The molecular formula is C17H17NO5S. The molecule has 0 saturated heterocycles. The molecule has 0 bridgehead atoms. The smallest absolute Gasteiger partial charge is 0.265 e. The number of sulfone groups is 1. The number of para-hydroxylation sites is 1. The number of anilines is 1. The second-order valence-electron chi connectivity index (χ2n) is 5.48. The molecule has 0 N–H and O–H groups in total. The number of amides is 1. The van der Waals surface area contributed by atoms with Crippen molar-refractivity contribution >= 4 is 21.4 Å². The monoisotopic (exact) mass is 347 g/mol. The first-order valence-corrected chi connectivity index (χ1v) is 9.18. The van der Waals surface area contributed by atoms with Crippen molar-refractivity contribution in [2.24, 2.45) is 0 Å². The Morgan fingerprint density at radius 3 is 2.46 bits per heavy atom. The summed E-state index contributed by atoms with van der Waals surface area (Å²) in [7, 11) is -1.72. The summed E-state index contributed by atoms with van der Waals surface area (Å²) < 4.78 is 34.0. The van der Waals surface area contributed by atoms with Crippen LogP contribution in [-0.4, -0.2) is 34.3 Å². The molecule has 126 valence electrons. The van der Waals surface area contributed by atoms with Gasteiger partial charge in [0.25, 0.3) is 5.91 Å². The molecule has 1 amide bonds. The Morgan fingerprint density at radius 1 is 1.12 bits per heavy atom. The van der Waals surface area contributed by atoms with Gasteiger partial charge >= 0.3 is 0 Å². The Bertz CT molecular complexity index is 874. The lowest BCUT2D eigenvalue weighted by molar-refractivity contribution is -0.120. The van der Waals surface area contributed by atoms with Gasteiger partial charge in [0.05, 0.1) is 18.6 Å². The highest BCUT2D eigenvalue weighted by Gasteiger charge is 2.25. The highest BCUT2D eigenvalue weighted by atomic mass is 32.2. The Balaban J connectivity index is 1.97. The van der Waals surface area contributed by atoms with Crippen LogP contribution in [0.15, 0.2) is 47.4 Å². The number of fused-ring (bicyclic) bond motifs is 1. The van der Waals surface area contributed by atoms with Gasteiger partial charge in [-0.05, 0) is 30.3 Å². The first-order chi connectivity index (χ1) is 11.4. The van der Waals surface area contributed by atoms with Gasteiger partial charge in [-0.25, -0.2) is 8.42 Å². The fraction of sp³-hybridized carbons (Fsp3) is 0.235. The molecule has 2 aromatic carbocycles. The van der Waals surface area contributed by atoms with Crippen molar-refractivity contribution < 1.29 is 22.7 Å². The van der Waals surface area contributed by atoms with Gasteiger partial charge in [0, 0.05) is 17.5 Å². The van der Waals surface area contributed by atoms with Crippen molar-refractivity contribution in [3.8, 4) is 11.5 Å². The highest BCUT2D eigenvalue weighted by Crippen LogP contribution is 2.34. The zero-order valence-corrected chi connectivity index (χ0v) is 14.2. The summed E-state index contributed by atoms with van der Waals surface area (Å²) >= 11 is 0. The highest BCUT2D eigenvalue weighted by molar-refractivity contribution is 7.90. The van der Waals surface area contributed by atoms with Crippen LogP contribution >= 0.6 is 0 Å². The van der Waals surface area contributed by atoms with Crippen LogP contribution in [0.25, 0.3) is 0 Å². The summed E-state index contributed by atoms with van der Waals surface area (Å²) in [6.45, 7) is 0.213. The number of carbonyl (C=O) groups excluding carboxylic acids is 1. The summed E-state index contributed by atoms with van der Waals surface area (Å²) in [6, 6.07) is 11.7. The van der Waals surface area contributed by atoms with E-state index in [0.29, 0.717) is 23.7 Å². The lowest BCUT2D eigenvalue weighted by Gasteiger charge is -2.20. The molecule has 0 aromatic heterocycles. The molecule has 0 spiro atoms. The Hall–Kier alpha value is -2.54. The molecule has 2 aromatic rings. The van der Waals surface area contributed by atoms with Crippen molar-refractivity contribution in [3.05, 3.63) is 48.0 Å². The van der Waals surface area contributed by atoms with Crippen LogP contribution in [0.1, 0.15) is 5.56 Å². The van der Waals surface area contributed by atoms with Crippen molar-refractivity contribution in [2.45, 2.75) is 11.4 Å². The zero-order valence-electron chi connectivity index (χ0n) is 13.4. The number of methoxy groups -OCH3 is 1. The third-order valence-electron chi connectivity index (χ3n) is 3.83. The normalized spacial score (nSPS) is 14.6. The summed E-state index contributed by atoms with van der Waals surface area (Å²) in [6.07, 6.45) is 1.15. The molecule has 3 rings (SSSR count). The minimum Gasteiger partial charge on any atom is -0.493 e. The lowest BCUT2D eigenvalue weighted by Crippen LogP contribution is -2.32. The van der Waals surface area contributed by atoms with E-state index in [0.717, 1.165) is 11.8 Å². The van der Waals surface area contributed by atoms with E-state index in [1.807, 2.05) is 12.1 Å². The van der Waals surface area contributed by atoms with Crippen molar-refractivity contribution in [1.29, 1.82) is 0 Å². The first kappa shape index (κ1) is 16.3. The molecule has 0 saturated carbocycles. The first-order valence-electron chi connectivity index (χ1n) is 7.29. The topological polar surface area (TPSA) is 72.9 Å². The minimum absolute atomic E-state index is 0.110. The molecule has 6 nitrogen and oxygen atoms in total. The van der Waals surface area contributed by atoms with E-state index in [2.05, 4.69) is 0 Å². The molecule has 1 aliphatic heterocycles. The fourth-order valence-corrected chi connectivity index (χ4v) is 3.22. The maximum Gasteiger partial charge on any atom is 0.265 e. The van der Waals surface area contributed by atoms with Gasteiger partial charge in [0.15, 0.2) is 27.9 Å². The number of rotatable bonds is 3. The molecule has 1 aliphatic rings. The largest absolute Gasteiger partial charge is 0.493 e. The standard InChI is InChI=1S/C17H17NO5S/c1-22-15-5-3-4-12-10-18(16(19)11-23-17(12)15)13-6-8-14(9-7-13)24(2,20)21/h3-9H,10-11H2,1-2H3. The second-order valence-corrected chi connectivity index (χ2v) is 7.50. The molecule has 24 heavy (non-hydrogen) atoms. The molecule has 7 heteroatoms. The molecule has 1 heterocycles. The summed E-state index contributed by atoms with van der Waals surface area (Å²) in [5.41, 5.74) is 1.44. The number of hydrogen-bond acceptors (Lipinski definition) is 5. The average molecular weight is 347 g/mol. The van der Waals surface area contributed by atoms with Crippen LogP contribution in [0, 0.1) is 0 Å². The molecule has 0 atom stereocenters. The summed E-state index contributed by atoms with van der Waals surface area (Å²) in [4.78, 5) is 14.2. The van der Waals surface area contributed by atoms with Gasteiger partial charge in [0.1, 0.15) is 0 Å². The van der Waals surface area contributed by atoms with E-state index >= 15 is 0 Å². The maximum atomic E-state index is 12.4. The number of carbonyl (C=O) groups is 1. The summed E-state index contributed by atoms with van der Waals surface area (Å²) in [5.74, 6) is 0.929. The number of hydrogen-bond donors (Lipinski definition) is 0. The molecule has 0 unspecified atom stereocenters. The van der Waals surface area contributed by atoms with Gasteiger partial charge in [-0.3, -0.25) is 4.79 Å². The van der Waals surface area contributed by atoms with Gasteiger partial charge in [-0.1, -0.05) is 12.1 Å². The number of nitrogens with zero attached hydrogens (tertiary/aromatic N) is 1. The van der Waals surface area contributed by atoms with Crippen LogP contribution in [0.2, 0.25) is 0 Å². The van der Waals surface area contributed by atoms with Gasteiger partial charge in [-0.15, -0.1) is 0 Å². The lowest BCUT2D eigenvalue weighted by atomic mass is 10.1. The third-order valence-corrected chi connectivity index (χ3v) is 4.95.